The maximum atomic E-state index is 12.9. The van der Waals surface area contributed by atoms with Gasteiger partial charge in [0.05, 0.1) is 22.5 Å². The SMILES string of the molecule is CCOC(=O)c1nc2ccccc2nc1N1CCN(S(=O)(=O)c2ccc(Cl)cc2)CC1. The molecule has 0 bridgehead atoms. The minimum absolute atomic E-state index is 0.134. The molecule has 1 aliphatic heterocycles. The van der Waals surface area contributed by atoms with Gasteiger partial charge in [-0.2, -0.15) is 4.31 Å². The number of fused-ring (bicyclic) bond motifs is 1. The number of carbonyl (C=O) groups is 1. The van der Waals surface area contributed by atoms with E-state index in [1.165, 1.54) is 16.4 Å². The summed E-state index contributed by atoms with van der Waals surface area (Å²) in [6.45, 7) is 3.19. The van der Waals surface area contributed by atoms with E-state index >= 15 is 0 Å². The highest BCUT2D eigenvalue weighted by Gasteiger charge is 2.31. The zero-order valence-corrected chi connectivity index (χ0v) is 18.4. The number of esters is 1. The Balaban J connectivity index is 1.60. The zero-order chi connectivity index (χ0) is 22.0. The fourth-order valence-electron chi connectivity index (χ4n) is 3.44. The molecule has 0 radical (unpaired) electrons. The Labute approximate surface area is 185 Å². The van der Waals surface area contributed by atoms with Crippen LogP contribution < -0.4 is 4.90 Å². The number of benzene rings is 2. The summed E-state index contributed by atoms with van der Waals surface area (Å²) in [7, 11) is -3.63. The van der Waals surface area contributed by atoms with Crippen molar-refractivity contribution in [2.45, 2.75) is 11.8 Å². The average Bonchev–Trinajstić information content (AvgIpc) is 2.79. The number of piperazine rings is 1. The van der Waals surface area contributed by atoms with E-state index in [1.54, 1.807) is 25.1 Å². The Morgan fingerprint density at radius 1 is 1.00 bits per heavy atom. The summed E-state index contributed by atoms with van der Waals surface area (Å²) in [5.41, 5.74) is 1.38. The van der Waals surface area contributed by atoms with Gasteiger partial charge in [-0.15, -0.1) is 0 Å². The number of rotatable bonds is 5. The van der Waals surface area contributed by atoms with Gasteiger partial charge in [0.2, 0.25) is 10.0 Å². The number of ether oxygens (including phenoxy) is 1. The van der Waals surface area contributed by atoms with Crippen molar-refractivity contribution in [3.05, 3.63) is 59.2 Å². The molecule has 31 heavy (non-hydrogen) atoms. The Morgan fingerprint density at radius 3 is 2.23 bits per heavy atom. The predicted octanol–water partition coefficient (Wildman–Crippen LogP) is 2.97. The molecule has 0 spiro atoms. The first-order valence-electron chi connectivity index (χ1n) is 9.84. The van der Waals surface area contributed by atoms with Crippen LogP contribution in [0.15, 0.2) is 53.4 Å². The van der Waals surface area contributed by atoms with E-state index in [0.29, 0.717) is 35.0 Å². The van der Waals surface area contributed by atoms with Crippen LogP contribution in [0.5, 0.6) is 0 Å². The van der Waals surface area contributed by atoms with Crippen molar-refractivity contribution in [3.63, 3.8) is 0 Å². The highest BCUT2D eigenvalue weighted by Crippen LogP contribution is 2.25. The lowest BCUT2D eigenvalue weighted by Gasteiger charge is -2.35. The van der Waals surface area contributed by atoms with Crippen LogP contribution in [0, 0.1) is 0 Å². The third-order valence-electron chi connectivity index (χ3n) is 5.01. The van der Waals surface area contributed by atoms with E-state index in [-0.39, 0.29) is 30.3 Å². The molecule has 3 aromatic rings. The summed E-state index contributed by atoms with van der Waals surface area (Å²) in [6.07, 6.45) is 0. The number of anilines is 1. The fourth-order valence-corrected chi connectivity index (χ4v) is 4.99. The molecule has 1 saturated heterocycles. The van der Waals surface area contributed by atoms with Crippen LogP contribution in [0.4, 0.5) is 5.82 Å². The zero-order valence-electron chi connectivity index (χ0n) is 16.9. The smallest absolute Gasteiger partial charge is 0.360 e. The molecule has 0 saturated carbocycles. The predicted molar refractivity (Wildman–Crippen MR) is 118 cm³/mol. The number of sulfonamides is 1. The first-order valence-corrected chi connectivity index (χ1v) is 11.7. The lowest BCUT2D eigenvalue weighted by atomic mass is 10.2. The van der Waals surface area contributed by atoms with E-state index in [4.69, 9.17) is 16.3 Å². The quantitative estimate of drug-likeness (QED) is 0.540. The van der Waals surface area contributed by atoms with Crippen LogP contribution >= 0.6 is 11.6 Å². The topological polar surface area (TPSA) is 92.7 Å². The number of carbonyl (C=O) groups excluding carboxylic acids is 1. The number of aromatic nitrogens is 2. The van der Waals surface area contributed by atoms with Gasteiger partial charge in [-0.25, -0.2) is 23.2 Å². The molecule has 2 heterocycles. The molecule has 4 rings (SSSR count). The van der Waals surface area contributed by atoms with Crippen molar-refractivity contribution < 1.29 is 17.9 Å². The normalized spacial score (nSPS) is 15.2. The molecule has 1 fully saturated rings. The number of nitrogens with zero attached hydrogens (tertiary/aromatic N) is 4. The molecule has 0 N–H and O–H groups in total. The van der Waals surface area contributed by atoms with Crippen LogP contribution in [0.1, 0.15) is 17.4 Å². The molecule has 0 unspecified atom stereocenters. The minimum atomic E-state index is -3.63. The molecular formula is C21H21ClN4O4S. The molecule has 162 valence electrons. The lowest BCUT2D eigenvalue weighted by Crippen LogP contribution is -2.49. The van der Waals surface area contributed by atoms with Gasteiger partial charge in [0.25, 0.3) is 0 Å². The largest absolute Gasteiger partial charge is 0.461 e. The molecule has 10 heteroatoms. The number of para-hydroxylation sites is 2. The first-order chi connectivity index (χ1) is 14.9. The summed E-state index contributed by atoms with van der Waals surface area (Å²) >= 11 is 5.87. The van der Waals surface area contributed by atoms with Crippen molar-refractivity contribution in [1.29, 1.82) is 0 Å². The van der Waals surface area contributed by atoms with E-state index in [9.17, 15) is 13.2 Å². The fraction of sp³-hybridized carbons (Fsp3) is 0.286. The van der Waals surface area contributed by atoms with Crippen molar-refractivity contribution >= 4 is 44.4 Å². The highest BCUT2D eigenvalue weighted by atomic mass is 35.5. The Bertz CT molecular complexity index is 1210. The first kappa shape index (κ1) is 21.5. The monoisotopic (exact) mass is 460 g/mol. The van der Waals surface area contributed by atoms with E-state index in [2.05, 4.69) is 9.97 Å². The standard InChI is InChI=1S/C21H21ClN4O4S/c1-2-30-21(27)19-20(24-18-6-4-3-5-17(18)23-19)25-11-13-26(14-12-25)31(28,29)16-9-7-15(22)8-10-16/h3-10H,2,11-14H2,1H3. The third-order valence-corrected chi connectivity index (χ3v) is 7.18. The second-order valence-electron chi connectivity index (χ2n) is 6.95. The summed E-state index contributed by atoms with van der Waals surface area (Å²) in [5.74, 6) is -0.146. The van der Waals surface area contributed by atoms with E-state index < -0.39 is 16.0 Å². The highest BCUT2D eigenvalue weighted by molar-refractivity contribution is 7.89. The Hall–Kier alpha value is -2.75. The lowest BCUT2D eigenvalue weighted by molar-refractivity contribution is 0.0520. The second-order valence-corrected chi connectivity index (χ2v) is 9.32. The molecule has 0 atom stereocenters. The molecule has 8 nitrogen and oxygen atoms in total. The number of hydrogen-bond acceptors (Lipinski definition) is 7. The molecule has 0 amide bonds. The van der Waals surface area contributed by atoms with E-state index in [1.807, 2.05) is 23.1 Å². The van der Waals surface area contributed by atoms with Crippen LogP contribution in [-0.2, 0) is 14.8 Å². The van der Waals surface area contributed by atoms with Crippen molar-refractivity contribution in [2.24, 2.45) is 0 Å². The number of halogens is 1. The van der Waals surface area contributed by atoms with Crippen LogP contribution in [0.3, 0.4) is 0 Å². The van der Waals surface area contributed by atoms with Crippen LogP contribution in [0.2, 0.25) is 5.02 Å². The van der Waals surface area contributed by atoms with Crippen molar-refractivity contribution in [1.82, 2.24) is 14.3 Å². The van der Waals surface area contributed by atoms with E-state index in [0.717, 1.165) is 0 Å². The molecular weight excluding hydrogens is 440 g/mol. The maximum absolute atomic E-state index is 12.9. The van der Waals surface area contributed by atoms with Gasteiger partial charge in [-0.05, 0) is 43.3 Å². The molecule has 0 aliphatic carbocycles. The van der Waals surface area contributed by atoms with Crippen LogP contribution in [0.25, 0.3) is 11.0 Å². The van der Waals surface area contributed by atoms with Gasteiger partial charge < -0.3 is 9.64 Å². The van der Waals surface area contributed by atoms with Gasteiger partial charge in [-0.1, -0.05) is 23.7 Å². The molecule has 2 aromatic carbocycles. The van der Waals surface area contributed by atoms with Gasteiger partial charge in [-0.3, -0.25) is 0 Å². The maximum Gasteiger partial charge on any atom is 0.360 e. The van der Waals surface area contributed by atoms with Gasteiger partial charge >= 0.3 is 5.97 Å². The molecule has 1 aromatic heterocycles. The summed E-state index contributed by atoms with van der Waals surface area (Å²) in [6, 6.07) is 13.4. The summed E-state index contributed by atoms with van der Waals surface area (Å²) < 4.78 is 32.5. The van der Waals surface area contributed by atoms with Crippen molar-refractivity contribution in [3.8, 4) is 0 Å². The van der Waals surface area contributed by atoms with Gasteiger partial charge in [0.15, 0.2) is 11.5 Å². The Kier molecular flexibility index (Phi) is 6.08. The second kappa shape index (κ2) is 8.78. The minimum Gasteiger partial charge on any atom is -0.461 e. The Morgan fingerprint density at radius 2 is 1.61 bits per heavy atom. The van der Waals surface area contributed by atoms with Gasteiger partial charge in [0, 0.05) is 31.2 Å². The van der Waals surface area contributed by atoms with Crippen LogP contribution in [-0.4, -0.2) is 61.4 Å². The third kappa shape index (κ3) is 4.34. The summed E-state index contributed by atoms with van der Waals surface area (Å²) in [5, 5.41) is 0.477. The average molecular weight is 461 g/mol. The molecule has 1 aliphatic rings. The van der Waals surface area contributed by atoms with Gasteiger partial charge in [0.1, 0.15) is 0 Å². The van der Waals surface area contributed by atoms with Crippen molar-refractivity contribution in [2.75, 3.05) is 37.7 Å². The number of hydrogen-bond donors (Lipinski definition) is 0. The summed E-state index contributed by atoms with van der Waals surface area (Å²) in [4.78, 5) is 23.7.